The Labute approximate surface area is 66.7 Å². The summed E-state index contributed by atoms with van der Waals surface area (Å²) in [5, 5.41) is 12.4. The Morgan fingerprint density at radius 2 is 2.45 bits per heavy atom. The van der Waals surface area contributed by atoms with Crippen molar-refractivity contribution in [2.45, 2.75) is 6.10 Å². The van der Waals surface area contributed by atoms with Gasteiger partial charge in [0.1, 0.15) is 6.10 Å². The lowest BCUT2D eigenvalue weighted by atomic mass is 10.2. The number of aromatic nitrogens is 1. The zero-order valence-electron chi connectivity index (χ0n) is 6.91. The molecule has 0 aliphatic carbocycles. The van der Waals surface area contributed by atoms with Crippen LogP contribution in [0.15, 0.2) is 18.3 Å². The molecule has 2 N–H and O–H groups in total. The summed E-state index contributed by atoms with van der Waals surface area (Å²) in [5.41, 5.74) is 0.944. The summed E-state index contributed by atoms with van der Waals surface area (Å²) >= 11 is 0. The van der Waals surface area contributed by atoms with E-state index in [9.17, 15) is 5.11 Å². The molecule has 0 aliphatic heterocycles. The normalized spacial score (nSPS) is 13.4. The highest BCUT2D eigenvalue weighted by Gasteiger charge is 2.07. The van der Waals surface area contributed by atoms with E-state index >= 15 is 0 Å². The van der Waals surface area contributed by atoms with Crippen LogP contribution in [0, 0.1) is 0 Å². The first-order valence-electron chi connectivity index (χ1n) is 3.69. The van der Waals surface area contributed by atoms with Gasteiger partial charge in [-0.2, -0.15) is 0 Å². The largest absolute Gasteiger partial charge is 0.386 e. The van der Waals surface area contributed by atoms with E-state index < -0.39 is 6.10 Å². The Morgan fingerprint density at radius 1 is 1.73 bits per heavy atom. The highest BCUT2D eigenvalue weighted by Crippen LogP contribution is 2.10. The second-order valence-electron chi connectivity index (χ2n) is 2.62. The third-order valence-electron chi connectivity index (χ3n) is 1.72. The highest BCUT2D eigenvalue weighted by molar-refractivity contribution is 5.09. The van der Waals surface area contributed by atoms with Crippen molar-refractivity contribution in [2.24, 2.45) is 7.05 Å². The highest BCUT2D eigenvalue weighted by atomic mass is 16.3. The SMILES string of the molecule is CNCC(O)c1cccn1C. The third kappa shape index (κ3) is 1.82. The summed E-state index contributed by atoms with van der Waals surface area (Å²) in [6.45, 7) is 0.595. The lowest BCUT2D eigenvalue weighted by Crippen LogP contribution is -2.18. The van der Waals surface area contributed by atoms with Crippen molar-refractivity contribution in [2.75, 3.05) is 13.6 Å². The summed E-state index contributed by atoms with van der Waals surface area (Å²) in [4.78, 5) is 0. The number of nitrogens with one attached hydrogen (secondary N) is 1. The average molecular weight is 154 g/mol. The number of rotatable bonds is 3. The van der Waals surface area contributed by atoms with Crippen LogP contribution in [0.1, 0.15) is 11.8 Å². The molecule has 0 fully saturated rings. The van der Waals surface area contributed by atoms with Gasteiger partial charge in [-0.05, 0) is 19.2 Å². The van der Waals surface area contributed by atoms with Gasteiger partial charge in [-0.15, -0.1) is 0 Å². The van der Waals surface area contributed by atoms with Gasteiger partial charge >= 0.3 is 0 Å². The standard InChI is InChI=1S/C8H14N2O/c1-9-6-8(11)7-4-3-5-10(7)2/h3-5,8-9,11H,6H2,1-2H3. The Hall–Kier alpha value is -0.800. The summed E-state index contributed by atoms with van der Waals surface area (Å²) in [7, 11) is 3.75. The van der Waals surface area contributed by atoms with E-state index in [0.717, 1.165) is 5.69 Å². The van der Waals surface area contributed by atoms with Gasteiger partial charge in [-0.3, -0.25) is 0 Å². The summed E-state index contributed by atoms with van der Waals surface area (Å²) in [6, 6.07) is 3.84. The minimum atomic E-state index is -0.403. The Balaban J connectivity index is 2.67. The van der Waals surface area contributed by atoms with E-state index in [1.165, 1.54) is 0 Å². The minimum Gasteiger partial charge on any atom is -0.386 e. The van der Waals surface area contributed by atoms with E-state index in [-0.39, 0.29) is 0 Å². The Morgan fingerprint density at radius 3 is 2.91 bits per heavy atom. The van der Waals surface area contributed by atoms with Crippen molar-refractivity contribution in [1.82, 2.24) is 9.88 Å². The molecule has 3 heteroatoms. The number of likely N-dealkylation sites (N-methyl/N-ethyl adjacent to an activating group) is 1. The molecule has 3 nitrogen and oxygen atoms in total. The molecular weight excluding hydrogens is 140 g/mol. The number of nitrogens with zero attached hydrogens (tertiary/aromatic N) is 1. The predicted octanol–water partition coefficient (Wildman–Crippen LogP) is 0.278. The minimum absolute atomic E-state index is 0.403. The number of aliphatic hydroxyl groups excluding tert-OH is 1. The van der Waals surface area contributed by atoms with Crippen LogP contribution in [0.25, 0.3) is 0 Å². The average Bonchev–Trinajstić information content (AvgIpc) is 2.36. The van der Waals surface area contributed by atoms with Crippen molar-refractivity contribution in [3.05, 3.63) is 24.0 Å². The first-order valence-corrected chi connectivity index (χ1v) is 3.69. The third-order valence-corrected chi connectivity index (χ3v) is 1.72. The van der Waals surface area contributed by atoms with Gasteiger partial charge in [-0.1, -0.05) is 0 Å². The van der Waals surface area contributed by atoms with E-state index in [4.69, 9.17) is 0 Å². The molecule has 0 aliphatic rings. The molecule has 0 radical (unpaired) electrons. The number of hydrogen-bond donors (Lipinski definition) is 2. The van der Waals surface area contributed by atoms with Crippen LogP contribution in [-0.4, -0.2) is 23.3 Å². The fourth-order valence-corrected chi connectivity index (χ4v) is 1.12. The summed E-state index contributed by atoms with van der Waals surface area (Å²) in [6.07, 6.45) is 1.52. The van der Waals surface area contributed by atoms with Gasteiger partial charge < -0.3 is 15.0 Å². The molecule has 1 heterocycles. The zero-order chi connectivity index (χ0) is 8.27. The molecule has 1 atom stereocenters. The molecule has 0 spiro atoms. The molecule has 1 aromatic heterocycles. The lowest BCUT2D eigenvalue weighted by molar-refractivity contribution is 0.169. The molecule has 0 saturated carbocycles. The molecule has 1 unspecified atom stereocenters. The summed E-state index contributed by atoms with van der Waals surface area (Å²) < 4.78 is 1.92. The van der Waals surface area contributed by atoms with Gasteiger partial charge in [0.05, 0.1) is 0 Å². The molecule has 0 aromatic carbocycles. The Kier molecular flexibility index (Phi) is 2.68. The second kappa shape index (κ2) is 3.55. The van der Waals surface area contributed by atoms with Crippen molar-refractivity contribution in [3.63, 3.8) is 0 Å². The maximum Gasteiger partial charge on any atom is 0.106 e. The van der Waals surface area contributed by atoms with Crippen LogP contribution in [0.4, 0.5) is 0 Å². The van der Waals surface area contributed by atoms with Gasteiger partial charge in [0.2, 0.25) is 0 Å². The van der Waals surface area contributed by atoms with Crippen molar-refractivity contribution >= 4 is 0 Å². The van der Waals surface area contributed by atoms with Gasteiger partial charge in [0.15, 0.2) is 0 Å². The van der Waals surface area contributed by atoms with E-state index in [1.807, 2.05) is 37.0 Å². The van der Waals surface area contributed by atoms with Crippen molar-refractivity contribution in [1.29, 1.82) is 0 Å². The quantitative estimate of drug-likeness (QED) is 0.656. The van der Waals surface area contributed by atoms with E-state index in [1.54, 1.807) is 0 Å². The maximum absolute atomic E-state index is 9.51. The van der Waals surface area contributed by atoms with Crippen LogP contribution in [0.3, 0.4) is 0 Å². The smallest absolute Gasteiger partial charge is 0.106 e. The Bertz CT molecular complexity index is 220. The predicted molar refractivity (Wildman–Crippen MR) is 44.3 cm³/mol. The fraction of sp³-hybridized carbons (Fsp3) is 0.500. The lowest BCUT2D eigenvalue weighted by Gasteiger charge is -2.10. The number of hydrogen-bond acceptors (Lipinski definition) is 2. The monoisotopic (exact) mass is 154 g/mol. The zero-order valence-corrected chi connectivity index (χ0v) is 6.91. The summed E-state index contributed by atoms with van der Waals surface area (Å²) in [5.74, 6) is 0. The molecule has 1 aromatic rings. The van der Waals surface area contributed by atoms with Crippen LogP contribution in [0.2, 0.25) is 0 Å². The molecule has 1 rings (SSSR count). The fourth-order valence-electron chi connectivity index (χ4n) is 1.12. The first kappa shape index (κ1) is 8.30. The molecule has 0 bridgehead atoms. The van der Waals surface area contributed by atoms with Gasteiger partial charge in [-0.25, -0.2) is 0 Å². The maximum atomic E-state index is 9.51. The second-order valence-corrected chi connectivity index (χ2v) is 2.62. The van der Waals surface area contributed by atoms with Crippen molar-refractivity contribution in [3.8, 4) is 0 Å². The molecule has 0 saturated heterocycles. The van der Waals surface area contributed by atoms with Crippen molar-refractivity contribution < 1.29 is 5.11 Å². The van der Waals surface area contributed by atoms with Crippen LogP contribution in [-0.2, 0) is 7.05 Å². The van der Waals surface area contributed by atoms with Crippen LogP contribution >= 0.6 is 0 Å². The van der Waals surface area contributed by atoms with Gasteiger partial charge in [0.25, 0.3) is 0 Å². The van der Waals surface area contributed by atoms with Gasteiger partial charge in [0, 0.05) is 25.5 Å². The number of aryl methyl sites for hydroxylation is 1. The van der Waals surface area contributed by atoms with E-state index in [0.29, 0.717) is 6.54 Å². The van der Waals surface area contributed by atoms with Crippen LogP contribution in [0.5, 0.6) is 0 Å². The molecule has 0 amide bonds. The molecule has 62 valence electrons. The molecule has 11 heavy (non-hydrogen) atoms. The van der Waals surface area contributed by atoms with E-state index in [2.05, 4.69) is 5.32 Å². The van der Waals surface area contributed by atoms with Crippen LogP contribution < -0.4 is 5.32 Å². The first-order chi connectivity index (χ1) is 5.25. The topological polar surface area (TPSA) is 37.2 Å². The number of aliphatic hydroxyl groups is 1. The molecular formula is C8H14N2O.